The lowest BCUT2D eigenvalue weighted by molar-refractivity contribution is 0.102. The zero-order chi connectivity index (χ0) is 13.8. The molecular weight excluding hydrogens is 271 g/mol. The molecule has 1 heterocycles. The summed E-state index contributed by atoms with van der Waals surface area (Å²) in [6, 6.07) is 5.42. The summed E-state index contributed by atoms with van der Waals surface area (Å²) in [4.78, 5) is 12.3. The Balaban J connectivity index is 2.33. The van der Waals surface area contributed by atoms with Crippen LogP contribution in [0.15, 0.2) is 30.5 Å². The van der Waals surface area contributed by atoms with E-state index in [2.05, 4.69) is 5.10 Å². The number of hydrogen-bond acceptors (Lipinski definition) is 3. The predicted molar refractivity (Wildman–Crippen MR) is 68.9 cm³/mol. The first-order chi connectivity index (χ1) is 9.13. The third-order valence-electron chi connectivity index (χ3n) is 2.63. The van der Waals surface area contributed by atoms with Gasteiger partial charge >= 0.3 is 0 Å². The molecule has 0 saturated heterocycles. The summed E-state index contributed by atoms with van der Waals surface area (Å²) >= 11 is 5.78. The molecule has 4 nitrogen and oxygen atoms in total. The molecule has 100 valence electrons. The van der Waals surface area contributed by atoms with Gasteiger partial charge in [-0.05, 0) is 24.3 Å². The molecule has 2 aromatic rings. The van der Waals surface area contributed by atoms with Crippen LogP contribution in [0.5, 0.6) is 0 Å². The molecule has 0 atom stereocenters. The molecular formula is C13H12ClFN2O2. The Bertz CT molecular complexity index is 598. The van der Waals surface area contributed by atoms with Crippen molar-refractivity contribution in [2.24, 2.45) is 0 Å². The highest BCUT2D eigenvalue weighted by Gasteiger charge is 2.18. The second-order valence-electron chi connectivity index (χ2n) is 3.89. The summed E-state index contributed by atoms with van der Waals surface area (Å²) in [7, 11) is 1.56. The molecule has 0 aliphatic carbocycles. The third kappa shape index (κ3) is 3.00. The molecule has 0 unspecified atom stereocenters. The van der Waals surface area contributed by atoms with Gasteiger partial charge in [-0.1, -0.05) is 11.6 Å². The van der Waals surface area contributed by atoms with Crippen molar-refractivity contribution in [2.45, 2.75) is 6.54 Å². The van der Waals surface area contributed by atoms with Gasteiger partial charge in [0.1, 0.15) is 11.5 Å². The van der Waals surface area contributed by atoms with Gasteiger partial charge in [0.2, 0.25) is 5.78 Å². The Morgan fingerprint density at radius 3 is 3.00 bits per heavy atom. The average Bonchev–Trinajstić information content (AvgIpc) is 2.86. The van der Waals surface area contributed by atoms with Crippen LogP contribution in [0.1, 0.15) is 16.1 Å². The van der Waals surface area contributed by atoms with Crippen molar-refractivity contribution in [3.05, 3.63) is 52.6 Å². The fourth-order valence-electron chi connectivity index (χ4n) is 1.69. The van der Waals surface area contributed by atoms with E-state index >= 15 is 0 Å². The molecule has 0 spiro atoms. The van der Waals surface area contributed by atoms with E-state index in [1.54, 1.807) is 13.2 Å². The van der Waals surface area contributed by atoms with Crippen LogP contribution in [-0.4, -0.2) is 29.3 Å². The first-order valence-electron chi connectivity index (χ1n) is 5.64. The molecule has 0 fully saturated rings. The van der Waals surface area contributed by atoms with Crippen molar-refractivity contribution < 1.29 is 13.9 Å². The van der Waals surface area contributed by atoms with Crippen LogP contribution < -0.4 is 0 Å². The maximum atomic E-state index is 13.7. The molecule has 1 aromatic carbocycles. The molecule has 19 heavy (non-hydrogen) atoms. The highest BCUT2D eigenvalue weighted by atomic mass is 35.5. The highest BCUT2D eigenvalue weighted by molar-refractivity contribution is 6.31. The number of hydrogen-bond donors (Lipinski definition) is 0. The number of methoxy groups -OCH3 is 1. The van der Waals surface area contributed by atoms with Crippen molar-refractivity contribution in [1.82, 2.24) is 9.78 Å². The van der Waals surface area contributed by atoms with Crippen molar-refractivity contribution in [3.8, 4) is 0 Å². The molecule has 0 aliphatic rings. The van der Waals surface area contributed by atoms with E-state index in [0.717, 1.165) is 0 Å². The lowest BCUT2D eigenvalue weighted by Gasteiger charge is -2.07. The van der Waals surface area contributed by atoms with Gasteiger partial charge in [0.25, 0.3) is 0 Å². The third-order valence-corrected chi connectivity index (χ3v) is 2.86. The van der Waals surface area contributed by atoms with Crippen molar-refractivity contribution in [2.75, 3.05) is 13.7 Å². The van der Waals surface area contributed by atoms with Crippen LogP contribution in [-0.2, 0) is 11.3 Å². The number of nitrogens with zero attached hydrogens (tertiary/aromatic N) is 2. The van der Waals surface area contributed by atoms with Gasteiger partial charge in [0.05, 0.1) is 18.7 Å². The SMILES string of the molecule is COCCn1nccc1C(=O)c1cc(Cl)ccc1F. The van der Waals surface area contributed by atoms with Gasteiger partial charge in [-0.25, -0.2) is 4.39 Å². The van der Waals surface area contributed by atoms with Gasteiger partial charge < -0.3 is 4.74 Å². The number of ether oxygens (including phenoxy) is 1. The lowest BCUT2D eigenvalue weighted by Crippen LogP contribution is -2.15. The molecule has 0 aliphatic heterocycles. The van der Waals surface area contributed by atoms with E-state index in [4.69, 9.17) is 16.3 Å². The normalized spacial score (nSPS) is 10.7. The van der Waals surface area contributed by atoms with E-state index in [0.29, 0.717) is 23.9 Å². The lowest BCUT2D eigenvalue weighted by atomic mass is 10.1. The largest absolute Gasteiger partial charge is 0.383 e. The van der Waals surface area contributed by atoms with Crippen molar-refractivity contribution >= 4 is 17.4 Å². The fraction of sp³-hybridized carbons (Fsp3) is 0.231. The Kier molecular flexibility index (Phi) is 4.29. The summed E-state index contributed by atoms with van der Waals surface area (Å²) in [5.41, 5.74) is 0.241. The van der Waals surface area contributed by atoms with E-state index in [-0.39, 0.29) is 5.56 Å². The molecule has 0 bridgehead atoms. The summed E-state index contributed by atoms with van der Waals surface area (Å²) in [5.74, 6) is -1.05. The number of carbonyl (C=O) groups excluding carboxylic acids is 1. The van der Waals surface area contributed by atoms with E-state index in [9.17, 15) is 9.18 Å². The second-order valence-corrected chi connectivity index (χ2v) is 4.32. The summed E-state index contributed by atoms with van der Waals surface area (Å²) in [6.07, 6.45) is 1.49. The minimum atomic E-state index is -0.603. The van der Waals surface area contributed by atoms with Crippen molar-refractivity contribution in [1.29, 1.82) is 0 Å². The molecule has 6 heteroatoms. The van der Waals surface area contributed by atoms with Gasteiger partial charge in [0.15, 0.2) is 0 Å². The quantitative estimate of drug-likeness (QED) is 0.792. The van der Waals surface area contributed by atoms with Gasteiger partial charge in [-0.15, -0.1) is 0 Å². The topological polar surface area (TPSA) is 44.1 Å². The van der Waals surface area contributed by atoms with Crippen LogP contribution in [0.4, 0.5) is 4.39 Å². The molecule has 0 amide bonds. The molecule has 0 radical (unpaired) electrons. The van der Waals surface area contributed by atoms with Crippen LogP contribution in [0, 0.1) is 5.82 Å². The van der Waals surface area contributed by atoms with Crippen molar-refractivity contribution in [3.63, 3.8) is 0 Å². The number of benzene rings is 1. The first-order valence-corrected chi connectivity index (χ1v) is 6.02. The number of rotatable bonds is 5. The first kappa shape index (κ1) is 13.7. The van der Waals surface area contributed by atoms with E-state index < -0.39 is 11.6 Å². The molecule has 0 N–H and O–H groups in total. The Morgan fingerprint density at radius 1 is 1.47 bits per heavy atom. The average molecular weight is 283 g/mol. The van der Waals surface area contributed by atoms with Crippen LogP contribution in [0.3, 0.4) is 0 Å². The number of ketones is 1. The molecule has 0 saturated carbocycles. The highest BCUT2D eigenvalue weighted by Crippen LogP contribution is 2.18. The minimum Gasteiger partial charge on any atom is -0.383 e. The fourth-order valence-corrected chi connectivity index (χ4v) is 1.86. The zero-order valence-corrected chi connectivity index (χ0v) is 11.0. The second kappa shape index (κ2) is 5.95. The zero-order valence-electron chi connectivity index (χ0n) is 10.3. The van der Waals surface area contributed by atoms with Crippen LogP contribution >= 0.6 is 11.6 Å². The maximum Gasteiger partial charge on any atom is 0.214 e. The van der Waals surface area contributed by atoms with Crippen LogP contribution in [0.2, 0.25) is 5.02 Å². The summed E-state index contributed by atoms with van der Waals surface area (Å²) < 4.78 is 20.1. The summed E-state index contributed by atoms with van der Waals surface area (Å²) in [5, 5.41) is 4.33. The minimum absolute atomic E-state index is 0.0633. The number of aromatic nitrogens is 2. The van der Waals surface area contributed by atoms with Crippen LogP contribution in [0.25, 0.3) is 0 Å². The van der Waals surface area contributed by atoms with E-state index in [1.165, 1.54) is 29.1 Å². The van der Waals surface area contributed by atoms with E-state index in [1.807, 2.05) is 0 Å². The van der Waals surface area contributed by atoms with Gasteiger partial charge in [-0.3, -0.25) is 9.48 Å². The standard InChI is InChI=1S/C13H12ClFN2O2/c1-19-7-6-17-12(4-5-16-17)13(18)10-8-9(14)2-3-11(10)15/h2-5,8H,6-7H2,1H3. The Hall–Kier alpha value is -1.72. The van der Waals surface area contributed by atoms with Gasteiger partial charge in [0, 0.05) is 18.3 Å². The smallest absolute Gasteiger partial charge is 0.214 e. The molecule has 1 aromatic heterocycles. The maximum absolute atomic E-state index is 13.7. The van der Waals surface area contributed by atoms with Gasteiger partial charge in [-0.2, -0.15) is 5.10 Å². The molecule has 2 rings (SSSR count). The Labute approximate surface area is 114 Å². The monoisotopic (exact) mass is 282 g/mol. The Morgan fingerprint density at radius 2 is 2.26 bits per heavy atom. The number of halogens is 2. The predicted octanol–water partition coefficient (Wildman–Crippen LogP) is 2.55. The summed E-state index contributed by atoms with van der Waals surface area (Å²) in [6.45, 7) is 0.840. The number of carbonyl (C=O) groups is 1.